The van der Waals surface area contributed by atoms with E-state index in [9.17, 15) is 14.4 Å². The number of hydrogen-bond donors (Lipinski definition) is 0. The van der Waals surface area contributed by atoms with Crippen molar-refractivity contribution in [2.75, 3.05) is 13.7 Å². The van der Waals surface area contributed by atoms with Gasteiger partial charge in [-0.25, -0.2) is 4.79 Å². The highest BCUT2D eigenvalue weighted by Crippen LogP contribution is 2.40. The highest BCUT2D eigenvalue weighted by molar-refractivity contribution is 8.18. The predicted octanol–water partition coefficient (Wildman–Crippen LogP) is 5.22. The average Bonchev–Trinajstić information content (AvgIpc) is 3.05. The maximum atomic E-state index is 12.8. The number of amides is 2. The Bertz CT molecular complexity index is 1120. The van der Waals surface area contributed by atoms with E-state index >= 15 is 0 Å². The molecule has 2 aromatic carbocycles. The summed E-state index contributed by atoms with van der Waals surface area (Å²) in [5.41, 5.74) is 2.67. The first-order valence-electron chi connectivity index (χ1n) is 10.2. The molecule has 0 saturated carbocycles. The van der Waals surface area contributed by atoms with E-state index < -0.39 is 23.2 Å². The van der Waals surface area contributed by atoms with E-state index in [0.717, 1.165) is 27.8 Å². The Morgan fingerprint density at radius 2 is 1.97 bits per heavy atom. The van der Waals surface area contributed by atoms with Crippen LogP contribution in [0.15, 0.2) is 41.3 Å². The Morgan fingerprint density at radius 1 is 1.21 bits per heavy atom. The lowest BCUT2D eigenvalue weighted by atomic mass is 10.1. The van der Waals surface area contributed by atoms with Crippen LogP contribution >= 0.6 is 23.4 Å². The Morgan fingerprint density at radius 3 is 2.64 bits per heavy atom. The van der Waals surface area contributed by atoms with Crippen molar-refractivity contribution in [2.45, 2.75) is 33.4 Å². The number of benzene rings is 2. The number of carbonyl (C=O) groups excluding carboxylic acids is 3. The second-order valence-electron chi connectivity index (χ2n) is 7.29. The minimum atomic E-state index is -1.02. The molecule has 0 bridgehead atoms. The van der Waals surface area contributed by atoms with E-state index in [4.69, 9.17) is 21.1 Å². The average molecular weight is 490 g/mol. The third-order valence-electron chi connectivity index (χ3n) is 4.85. The molecule has 0 aromatic heterocycles. The second kappa shape index (κ2) is 10.8. The van der Waals surface area contributed by atoms with Crippen LogP contribution in [0.5, 0.6) is 11.5 Å². The molecule has 2 amide bonds. The van der Waals surface area contributed by atoms with Gasteiger partial charge in [0.05, 0.1) is 23.6 Å². The van der Waals surface area contributed by atoms with Crippen LogP contribution in [-0.4, -0.2) is 41.8 Å². The summed E-state index contributed by atoms with van der Waals surface area (Å²) >= 11 is 7.24. The molecule has 0 unspecified atom stereocenters. The van der Waals surface area contributed by atoms with Gasteiger partial charge in [0.25, 0.3) is 11.1 Å². The largest absolute Gasteiger partial charge is 0.490 e. The van der Waals surface area contributed by atoms with Crippen LogP contribution in [0.4, 0.5) is 4.79 Å². The molecule has 1 aliphatic rings. The van der Waals surface area contributed by atoms with Gasteiger partial charge in [-0.3, -0.25) is 14.5 Å². The van der Waals surface area contributed by atoms with Crippen LogP contribution in [0, 0.1) is 6.92 Å². The number of aryl methyl sites for hydroxylation is 1. The lowest BCUT2D eigenvalue weighted by Gasteiger charge is -2.18. The number of hydrogen-bond acceptors (Lipinski definition) is 7. The van der Waals surface area contributed by atoms with Crippen LogP contribution in [0.1, 0.15) is 30.5 Å². The van der Waals surface area contributed by atoms with E-state index in [2.05, 4.69) is 4.74 Å². The summed E-state index contributed by atoms with van der Waals surface area (Å²) in [5.74, 6) is -0.428. The van der Waals surface area contributed by atoms with Gasteiger partial charge in [0.1, 0.15) is 12.6 Å². The maximum absolute atomic E-state index is 12.8. The highest BCUT2D eigenvalue weighted by Gasteiger charge is 2.41. The standard InChI is InChI=1S/C24H24ClNO6S/c1-5-31-19-11-17(10-18(25)21(19)32-13-16-8-6-7-14(2)9-16)12-20-22(27)26(24(29)33-20)15(3)23(28)30-4/h6-12,15H,5,13H2,1-4H3/b20-12+/t15-/m0/s1. The minimum Gasteiger partial charge on any atom is -0.490 e. The van der Waals surface area contributed by atoms with Crippen molar-refractivity contribution in [3.8, 4) is 11.5 Å². The molecule has 0 radical (unpaired) electrons. The Balaban J connectivity index is 1.87. The van der Waals surface area contributed by atoms with Crippen LogP contribution in [0.25, 0.3) is 6.08 Å². The van der Waals surface area contributed by atoms with Gasteiger partial charge in [-0.1, -0.05) is 41.4 Å². The molecule has 1 fully saturated rings. The van der Waals surface area contributed by atoms with Gasteiger partial charge in [-0.15, -0.1) is 0 Å². The summed E-state index contributed by atoms with van der Waals surface area (Å²) in [6.45, 7) is 5.98. The molecule has 1 heterocycles. The van der Waals surface area contributed by atoms with Crippen molar-refractivity contribution in [3.63, 3.8) is 0 Å². The molecule has 7 nitrogen and oxygen atoms in total. The first kappa shape index (κ1) is 24.7. The van der Waals surface area contributed by atoms with E-state index in [1.165, 1.54) is 20.1 Å². The second-order valence-corrected chi connectivity index (χ2v) is 8.69. The van der Waals surface area contributed by atoms with Gasteiger partial charge in [0.15, 0.2) is 11.5 Å². The van der Waals surface area contributed by atoms with Crippen LogP contribution < -0.4 is 9.47 Å². The predicted molar refractivity (Wildman–Crippen MR) is 127 cm³/mol. The Kier molecular flexibility index (Phi) is 8.05. The fourth-order valence-electron chi connectivity index (χ4n) is 3.27. The van der Waals surface area contributed by atoms with Gasteiger partial charge in [0, 0.05) is 0 Å². The molecule has 1 aliphatic heterocycles. The monoisotopic (exact) mass is 489 g/mol. The number of thioether (sulfide) groups is 1. The topological polar surface area (TPSA) is 82.1 Å². The highest BCUT2D eigenvalue weighted by atomic mass is 35.5. The summed E-state index contributed by atoms with van der Waals surface area (Å²) in [7, 11) is 1.20. The number of methoxy groups -OCH3 is 1. The number of imide groups is 1. The summed E-state index contributed by atoms with van der Waals surface area (Å²) < 4.78 is 16.3. The lowest BCUT2D eigenvalue weighted by molar-refractivity contribution is -0.148. The molecule has 0 aliphatic carbocycles. The zero-order valence-electron chi connectivity index (χ0n) is 18.7. The first-order valence-corrected chi connectivity index (χ1v) is 11.4. The molecule has 9 heteroatoms. The van der Waals surface area contributed by atoms with Crippen molar-refractivity contribution < 1.29 is 28.6 Å². The number of carbonyl (C=O) groups is 3. The number of ether oxygens (including phenoxy) is 3. The van der Waals surface area contributed by atoms with Gasteiger partial charge in [0.2, 0.25) is 0 Å². The van der Waals surface area contributed by atoms with Crippen LogP contribution in [0.3, 0.4) is 0 Å². The van der Waals surface area contributed by atoms with Gasteiger partial charge in [-0.05, 0) is 61.9 Å². The molecule has 0 N–H and O–H groups in total. The van der Waals surface area contributed by atoms with Crippen molar-refractivity contribution >= 4 is 46.6 Å². The normalized spacial score (nSPS) is 15.7. The quantitative estimate of drug-likeness (QED) is 0.371. The molecule has 1 atom stereocenters. The van der Waals surface area contributed by atoms with E-state index in [0.29, 0.717) is 35.3 Å². The van der Waals surface area contributed by atoms with Gasteiger partial charge in [-0.2, -0.15) is 0 Å². The van der Waals surface area contributed by atoms with E-state index in [-0.39, 0.29) is 4.91 Å². The number of nitrogens with zero attached hydrogens (tertiary/aromatic N) is 1. The molecule has 2 aromatic rings. The SMILES string of the molecule is CCOc1cc(/C=C2/SC(=O)N([C@@H](C)C(=O)OC)C2=O)cc(Cl)c1OCc1cccc(C)c1. The zero-order chi connectivity index (χ0) is 24.1. The molecular formula is C24H24ClNO6S. The van der Waals surface area contributed by atoms with Crippen molar-refractivity contribution in [2.24, 2.45) is 0 Å². The number of esters is 1. The van der Waals surface area contributed by atoms with E-state index in [1.807, 2.05) is 38.1 Å². The summed E-state index contributed by atoms with van der Waals surface area (Å²) in [5, 5.41) is -0.236. The lowest BCUT2D eigenvalue weighted by Crippen LogP contribution is -2.42. The minimum absolute atomic E-state index is 0.169. The maximum Gasteiger partial charge on any atom is 0.328 e. The number of rotatable bonds is 8. The molecule has 0 spiro atoms. The van der Waals surface area contributed by atoms with Crippen molar-refractivity contribution in [1.82, 2.24) is 4.90 Å². The van der Waals surface area contributed by atoms with Gasteiger partial charge < -0.3 is 14.2 Å². The van der Waals surface area contributed by atoms with Crippen molar-refractivity contribution in [1.29, 1.82) is 0 Å². The molecule has 1 saturated heterocycles. The van der Waals surface area contributed by atoms with E-state index in [1.54, 1.807) is 12.1 Å². The molecular weight excluding hydrogens is 466 g/mol. The smallest absolute Gasteiger partial charge is 0.328 e. The van der Waals surface area contributed by atoms with Gasteiger partial charge >= 0.3 is 5.97 Å². The fourth-order valence-corrected chi connectivity index (χ4v) is 4.45. The summed E-state index contributed by atoms with van der Waals surface area (Å²) in [4.78, 5) is 37.9. The molecule has 3 rings (SSSR count). The number of halogens is 1. The summed E-state index contributed by atoms with van der Waals surface area (Å²) in [6, 6.07) is 10.2. The zero-order valence-corrected chi connectivity index (χ0v) is 20.3. The fraction of sp³-hybridized carbons (Fsp3) is 0.292. The molecule has 33 heavy (non-hydrogen) atoms. The first-order chi connectivity index (χ1) is 15.7. The molecule has 174 valence electrons. The van der Waals surface area contributed by atoms with Crippen LogP contribution in [0.2, 0.25) is 5.02 Å². The van der Waals surface area contributed by atoms with Crippen molar-refractivity contribution in [3.05, 3.63) is 63.0 Å². The Hall–Kier alpha value is -2.97. The third kappa shape index (κ3) is 5.69. The Labute approximate surface area is 201 Å². The summed E-state index contributed by atoms with van der Waals surface area (Å²) in [6.07, 6.45) is 1.54. The third-order valence-corrected chi connectivity index (χ3v) is 6.01. The van der Waals surface area contributed by atoms with Crippen LogP contribution in [-0.2, 0) is 20.9 Å².